The number of anilines is 2. The van der Waals surface area contributed by atoms with E-state index in [0.29, 0.717) is 11.4 Å². The number of rotatable bonds is 5. The fraction of sp³-hybridized carbons (Fsp3) is 0.300. The van der Waals surface area contributed by atoms with Gasteiger partial charge in [0.2, 0.25) is 10.0 Å². The van der Waals surface area contributed by atoms with Gasteiger partial charge in [0.25, 0.3) is 0 Å². The topological polar surface area (TPSA) is 98.5 Å². The Morgan fingerprint density at radius 2 is 2.17 bits per heavy atom. The lowest BCUT2D eigenvalue weighted by molar-refractivity contribution is -0.140. The lowest BCUT2D eigenvalue weighted by Crippen LogP contribution is -2.19. The summed E-state index contributed by atoms with van der Waals surface area (Å²) in [6.45, 7) is 0. The molecule has 0 aromatic heterocycles. The first-order valence-electron chi connectivity index (χ1n) is 4.96. The molecule has 0 spiro atoms. The molecule has 6 nitrogen and oxygen atoms in total. The summed E-state index contributed by atoms with van der Waals surface area (Å²) < 4.78 is 29.9. The molecule has 1 rings (SSSR count). The molecule has 0 saturated heterocycles. The number of methoxy groups -OCH3 is 1. The zero-order valence-corrected chi connectivity index (χ0v) is 11.2. The minimum Gasteiger partial charge on any atom is -0.469 e. The molecule has 0 fully saturated rings. The monoisotopic (exact) mass is 292 g/mol. The maximum Gasteiger partial charge on any atom is 0.306 e. The van der Waals surface area contributed by atoms with Crippen molar-refractivity contribution >= 4 is 39.0 Å². The van der Waals surface area contributed by atoms with Crippen molar-refractivity contribution in [3.05, 3.63) is 23.2 Å². The first kappa shape index (κ1) is 14.6. The van der Waals surface area contributed by atoms with Crippen LogP contribution in [0.1, 0.15) is 6.42 Å². The van der Waals surface area contributed by atoms with Crippen molar-refractivity contribution in [2.75, 3.05) is 23.3 Å². The maximum absolute atomic E-state index is 11.6. The number of benzene rings is 1. The summed E-state index contributed by atoms with van der Waals surface area (Å²) in [4.78, 5) is 10.9. The lowest BCUT2D eigenvalue weighted by atomic mass is 10.3. The molecule has 18 heavy (non-hydrogen) atoms. The Bertz CT molecular complexity index is 545. The average molecular weight is 293 g/mol. The van der Waals surface area contributed by atoms with E-state index in [1.54, 1.807) is 0 Å². The number of nitrogens with two attached hydrogens (primary N) is 1. The predicted molar refractivity (Wildman–Crippen MR) is 69.9 cm³/mol. The van der Waals surface area contributed by atoms with E-state index in [2.05, 4.69) is 9.46 Å². The van der Waals surface area contributed by atoms with Crippen molar-refractivity contribution in [1.29, 1.82) is 0 Å². The predicted octanol–water partition coefficient (Wildman–Crippen LogP) is 1.23. The summed E-state index contributed by atoms with van der Waals surface area (Å²) in [5, 5.41) is 0.253. The van der Waals surface area contributed by atoms with Crippen LogP contribution in [-0.2, 0) is 19.6 Å². The molecule has 1 aromatic rings. The fourth-order valence-corrected chi connectivity index (χ4v) is 2.35. The Morgan fingerprint density at radius 3 is 2.72 bits per heavy atom. The number of nitrogens with one attached hydrogen (secondary N) is 1. The van der Waals surface area contributed by atoms with Crippen molar-refractivity contribution in [1.82, 2.24) is 0 Å². The standard InChI is InChI=1S/C10H13ClN2O4S/c1-17-10(14)4-5-18(15,16)13-7-2-3-9(12)8(11)6-7/h2-3,6,13H,4-5,12H2,1H3. The first-order valence-corrected chi connectivity index (χ1v) is 6.99. The molecular weight excluding hydrogens is 280 g/mol. The minimum absolute atomic E-state index is 0.214. The highest BCUT2D eigenvalue weighted by atomic mass is 35.5. The van der Waals surface area contributed by atoms with Gasteiger partial charge in [-0.1, -0.05) is 11.6 Å². The number of esters is 1. The Labute approximate surface area is 110 Å². The van der Waals surface area contributed by atoms with E-state index in [0.717, 1.165) is 0 Å². The molecule has 0 heterocycles. The van der Waals surface area contributed by atoms with Crippen LogP contribution in [-0.4, -0.2) is 27.2 Å². The van der Waals surface area contributed by atoms with Gasteiger partial charge in [-0.3, -0.25) is 9.52 Å². The minimum atomic E-state index is -3.62. The van der Waals surface area contributed by atoms with Gasteiger partial charge in [-0.25, -0.2) is 8.42 Å². The number of carbonyl (C=O) groups is 1. The highest BCUT2D eigenvalue weighted by Crippen LogP contribution is 2.23. The molecule has 0 aliphatic heterocycles. The van der Waals surface area contributed by atoms with Gasteiger partial charge in [-0.05, 0) is 18.2 Å². The molecule has 0 bridgehead atoms. The summed E-state index contributed by atoms with van der Waals surface area (Å²) in [5.41, 5.74) is 6.15. The SMILES string of the molecule is COC(=O)CCS(=O)(=O)Nc1ccc(N)c(Cl)c1. The highest BCUT2D eigenvalue weighted by molar-refractivity contribution is 7.92. The van der Waals surface area contributed by atoms with Gasteiger partial charge in [0.1, 0.15) is 0 Å². The van der Waals surface area contributed by atoms with Crippen molar-refractivity contribution in [3.63, 3.8) is 0 Å². The second-order valence-electron chi connectivity index (χ2n) is 3.48. The Balaban J connectivity index is 2.70. The van der Waals surface area contributed by atoms with Crippen molar-refractivity contribution in [3.8, 4) is 0 Å². The highest BCUT2D eigenvalue weighted by Gasteiger charge is 2.14. The molecule has 0 saturated carbocycles. The van der Waals surface area contributed by atoms with Gasteiger partial charge in [-0.15, -0.1) is 0 Å². The van der Waals surface area contributed by atoms with Gasteiger partial charge in [0, 0.05) is 0 Å². The fourth-order valence-electron chi connectivity index (χ4n) is 1.14. The smallest absolute Gasteiger partial charge is 0.306 e. The Hall–Kier alpha value is -1.47. The van der Waals surface area contributed by atoms with Gasteiger partial charge < -0.3 is 10.5 Å². The van der Waals surface area contributed by atoms with Crippen molar-refractivity contribution in [2.45, 2.75) is 6.42 Å². The summed E-state index contributed by atoms with van der Waals surface area (Å²) >= 11 is 5.76. The van der Waals surface area contributed by atoms with E-state index in [9.17, 15) is 13.2 Å². The van der Waals surface area contributed by atoms with E-state index < -0.39 is 16.0 Å². The molecule has 0 atom stereocenters. The Kier molecular flexibility index (Phi) is 4.80. The second-order valence-corrected chi connectivity index (χ2v) is 5.73. The zero-order chi connectivity index (χ0) is 13.8. The molecule has 0 radical (unpaired) electrons. The third-order valence-corrected chi connectivity index (χ3v) is 3.69. The normalized spacial score (nSPS) is 11.0. The number of hydrogen-bond donors (Lipinski definition) is 2. The van der Waals surface area contributed by atoms with Crippen LogP contribution in [0.2, 0.25) is 5.02 Å². The number of hydrogen-bond acceptors (Lipinski definition) is 5. The van der Waals surface area contributed by atoms with E-state index >= 15 is 0 Å². The van der Waals surface area contributed by atoms with Gasteiger partial charge in [0.15, 0.2) is 0 Å². The largest absolute Gasteiger partial charge is 0.469 e. The molecule has 0 aliphatic rings. The number of ether oxygens (including phenoxy) is 1. The van der Waals surface area contributed by atoms with Crippen molar-refractivity contribution < 1.29 is 17.9 Å². The van der Waals surface area contributed by atoms with E-state index in [1.807, 2.05) is 0 Å². The van der Waals surface area contributed by atoms with Gasteiger partial charge in [-0.2, -0.15) is 0 Å². The number of halogens is 1. The van der Waals surface area contributed by atoms with E-state index in [4.69, 9.17) is 17.3 Å². The van der Waals surface area contributed by atoms with Crippen LogP contribution >= 0.6 is 11.6 Å². The van der Waals surface area contributed by atoms with Crippen LogP contribution in [0.25, 0.3) is 0 Å². The van der Waals surface area contributed by atoms with Gasteiger partial charge in [0.05, 0.1) is 35.7 Å². The van der Waals surface area contributed by atoms with Crippen LogP contribution in [0.5, 0.6) is 0 Å². The maximum atomic E-state index is 11.6. The van der Waals surface area contributed by atoms with Crippen LogP contribution < -0.4 is 10.5 Å². The van der Waals surface area contributed by atoms with E-state index in [-0.39, 0.29) is 17.2 Å². The third-order valence-electron chi connectivity index (χ3n) is 2.08. The summed E-state index contributed by atoms with van der Waals surface area (Å²) in [5.74, 6) is -0.947. The van der Waals surface area contributed by atoms with Gasteiger partial charge >= 0.3 is 5.97 Å². The molecular formula is C10H13ClN2O4S. The molecule has 8 heteroatoms. The molecule has 1 aromatic carbocycles. The van der Waals surface area contributed by atoms with E-state index in [1.165, 1.54) is 25.3 Å². The van der Waals surface area contributed by atoms with Crippen LogP contribution in [0.15, 0.2) is 18.2 Å². The van der Waals surface area contributed by atoms with Crippen LogP contribution in [0.3, 0.4) is 0 Å². The van der Waals surface area contributed by atoms with Crippen LogP contribution in [0.4, 0.5) is 11.4 Å². The van der Waals surface area contributed by atoms with Crippen molar-refractivity contribution in [2.24, 2.45) is 0 Å². The third kappa shape index (κ3) is 4.42. The number of sulfonamides is 1. The number of carbonyl (C=O) groups excluding carboxylic acids is 1. The summed E-state index contributed by atoms with van der Waals surface area (Å²) in [6, 6.07) is 4.37. The molecule has 0 unspecified atom stereocenters. The first-order chi connectivity index (χ1) is 8.34. The molecule has 3 N–H and O–H groups in total. The quantitative estimate of drug-likeness (QED) is 0.628. The summed E-state index contributed by atoms with van der Waals surface area (Å²) in [6.07, 6.45) is -0.214. The molecule has 0 amide bonds. The lowest BCUT2D eigenvalue weighted by Gasteiger charge is -2.08. The average Bonchev–Trinajstić information content (AvgIpc) is 2.30. The van der Waals surface area contributed by atoms with Crippen LogP contribution in [0, 0.1) is 0 Å². The summed E-state index contributed by atoms with van der Waals surface area (Å²) in [7, 11) is -2.42. The number of nitrogen functional groups attached to an aromatic ring is 1. The second kappa shape index (κ2) is 5.92. The molecule has 100 valence electrons. The molecule has 0 aliphatic carbocycles. The zero-order valence-electron chi connectivity index (χ0n) is 9.64. The Morgan fingerprint density at radius 1 is 1.50 bits per heavy atom.